The van der Waals surface area contributed by atoms with Crippen LogP contribution in [0.25, 0.3) is 0 Å². The maximum atomic E-state index is 12.1. The summed E-state index contributed by atoms with van der Waals surface area (Å²) in [6.07, 6.45) is 0.0225. The standard InChI is InChI=1S/C16H19F3N2O2/c17-16(18,19)15(23)20-10-12-6-3-7-13(8-12)21-14(22)9-11-4-1-2-5-11/h3,6-8,11H,1-2,4-5,9-10H2,(H,20,23)(H,21,22). The van der Waals surface area contributed by atoms with Gasteiger partial charge in [-0.1, -0.05) is 25.0 Å². The Bertz CT molecular complexity index is 567. The minimum atomic E-state index is -4.90. The van der Waals surface area contributed by atoms with E-state index in [9.17, 15) is 22.8 Å². The lowest BCUT2D eigenvalue weighted by Gasteiger charge is -2.11. The second kappa shape index (κ2) is 7.48. The first-order valence-corrected chi connectivity index (χ1v) is 7.58. The number of rotatable bonds is 5. The molecule has 0 aliphatic heterocycles. The molecule has 7 heteroatoms. The maximum Gasteiger partial charge on any atom is 0.471 e. The highest BCUT2D eigenvalue weighted by molar-refractivity contribution is 5.91. The van der Waals surface area contributed by atoms with Crippen LogP contribution in [0.15, 0.2) is 24.3 Å². The molecule has 2 N–H and O–H groups in total. The van der Waals surface area contributed by atoms with E-state index in [1.165, 1.54) is 0 Å². The topological polar surface area (TPSA) is 58.2 Å². The molecular formula is C16H19F3N2O2. The number of hydrogen-bond acceptors (Lipinski definition) is 2. The molecular weight excluding hydrogens is 309 g/mol. The van der Waals surface area contributed by atoms with Crippen molar-refractivity contribution < 1.29 is 22.8 Å². The first-order valence-electron chi connectivity index (χ1n) is 7.58. The lowest BCUT2D eigenvalue weighted by Crippen LogP contribution is -2.36. The molecule has 1 aliphatic rings. The number of anilines is 1. The van der Waals surface area contributed by atoms with Crippen LogP contribution in [0.3, 0.4) is 0 Å². The van der Waals surface area contributed by atoms with E-state index in [1.807, 2.05) is 0 Å². The van der Waals surface area contributed by atoms with E-state index in [4.69, 9.17) is 0 Å². The van der Waals surface area contributed by atoms with E-state index in [2.05, 4.69) is 5.32 Å². The number of nitrogens with one attached hydrogen (secondary N) is 2. The molecule has 1 aliphatic carbocycles. The summed E-state index contributed by atoms with van der Waals surface area (Å²) in [6, 6.07) is 6.44. The summed E-state index contributed by atoms with van der Waals surface area (Å²) in [4.78, 5) is 22.7. The van der Waals surface area contributed by atoms with Gasteiger partial charge in [0.25, 0.3) is 0 Å². The highest BCUT2D eigenvalue weighted by Gasteiger charge is 2.38. The lowest BCUT2D eigenvalue weighted by molar-refractivity contribution is -0.173. The fraction of sp³-hybridized carbons (Fsp3) is 0.500. The average Bonchev–Trinajstić information content (AvgIpc) is 2.96. The Labute approximate surface area is 132 Å². The number of alkyl halides is 3. The molecule has 0 atom stereocenters. The molecule has 126 valence electrons. The molecule has 0 heterocycles. The Hall–Kier alpha value is -2.05. The second-order valence-electron chi connectivity index (χ2n) is 5.78. The molecule has 2 amide bonds. The highest BCUT2D eigenvalue weighted by atomic mass is 19.4. The molecule has 0 aromatic heterocycles. The number of halogens is 3. The van der Waals surface area contributed by atoms with Crippen LogP contribution in [-0.2, 0) is 16.1 Å². The van der Waals surface area contributed by atoms with Crippen LogP contribution in [0.1, 0.15) is 37.7 Å². The van der Waals surface area contributed by atoms with Gasteiger partial charge in [-0.2, -0.15) is 13.2 Å². The summed E-state index contributed by atoms with van der Waals surface area (Å²) < 4.78 is 36.4. The van der Waals surface area contributed by atoms with Crippen LogP contribution < -0.4 is 10.6 Å². The van der Waals surface area contributed by atoms with Gasteiger partial charge < -0.3 is 10.6 Å². The largest absolute Gasteiger partial charge is 0.471 e. The fourth-order valence-electron chi connectivity index (χ4n) is 2.73. The third kappa shape index (κ3) is 5.58. The molecule has 0 spiro atoms. The summed E-state index contributed by atoms with van der Waals surface area (Å²) in [5.74, 6) is -1.65. The van der Waals surface area contributed by atoms with Crippen molar-refractivity contribution in [3.63, 3.8) is 0 Å². The molecule has 4 nitrogen and oxygen atoms in total. The van der Waals surface area contributed by atoms with E-state index in [-0.39, 0.29) is 12.5 Å². The molecule has 0 unspecified atom stereocenters. The van der Waals surface area contributed by atoms with Crippen molar-refractivity contribution in [1.29, 1.82) is 0 Å². The monoisotopic (exact) mass is 328 g/mol. The molecule has 1 saturated carbocycles. The molecule has 1 aromatic carbocycles. The van der Waals surface area contributed by atoms with E-state index in [1.54, 1.807) is 29.6 Å². The third-order valence-electron chi connectivity index (χ3n) is 3.87. The molecule has 23 heavy (non-hydrogen) atoms. The van der Waals surface area contributed by atoms with Crippen molar-refractivity contribution in [3.05, 3.63) is 29.8 Å². The number of hydrogen-bond donors (Lipinski definition) is 2. The molecule has 2 rings (SSSR count). The predicted octanol–water partition coefficient (Wildman–Crippen LogP) is 3.38. The normalized spacial score (nSPS) is 15.4. The summed E-state index contributed by atoms with van der Waals surface area (Å²) in [5, 5.41) is 4.55. The average molecular weight is 328 g/mol. The zero-order valence-electron chi connectivity index (χ0n) is 12.6. The van der Waals surface area contributed by atoms with Crippen LogP contribution in [0.4, 0.5) is 18.9 Å². The zero-order chi connectivity index (χ0) is 16.9. The highest BCUT2D eigenvalue weighted by Crippen LogP contribution is 2.27. The SMILES string of the molecule is O=C(CC1CCCC1)Nc1cccc(CNC(=O)C(F)(F)F)c1. The van der Waals surface area contributed by atoms with Crippen molar-refractivity contribution in [1.82, 2.24) is 5.32 Å². The minimum absolute atomic E-state index is 0.0895. The van der Waals surface area contributed by atoms with Crippen LogP contribution in [-0.4, -0.2) is 18.0 Å². The predicted molar refractivity (Wildman–Crippen MR) is 79.5 cm³/mol. The van der Waals surface area contributed by atoms with E-state index < -0.39 is 12.1 Å². The number of benzene rings is 1. The van der Waals surface area contributed by atoms with Crippen molar-refractivity contribution in [2.24, 2.45) is 5.92 Å². The zero-order valence-corrected chi connectivity index (χ0v) is 12.6. The lowest BCUT2D eigenvalue weighted by atomic mass is 10.0. The van der Waals surface area contributed by atoms with E-state index in [0.29, 0.717) is 23.6 Å². The number of carbonyl (C=O) groups excluding carboxylic acids is 2. The van der Waals surface area contributed by atoms with Gasteiger partial charge in [-0.15, -0.1) is 0 Å². The van der Waals surface area contributed by atoms with Gasteiger partial charge in [0, 0.05) is 18.7 Å². The van der Waals surface area contributed by atoms with E-state index >= 15 is 0 Å². The quantitative estimate of drug-likeness (QED) is 0.870. The summed E-state index contributed by atoms with van der Waals surface area (Å²) in [6.45, 7) is -0.245. The van der Waals surface area contributed by atoms with Gasteiger partial charge in [-0.3, -0.25) is 9.59 Å². The Morgan fingerprint density at radius 2 is 1.87 bits per heavy atom. The first-order chi connectivity index (χ1) is 10.8. The fourth-order valence-corrected chi connectivity index (χ4v) is 2.73. The van der Waals surface area contributed by atoms with Gasteiger partial charge in [0.1, 0.15) is 0 Å². The van der Waals surface area contributed by atoms with Gasteiger partial charge >= 0.3 is 12.1 Å². The van der Waals surface area contributed by atoms with Crippen molar-refractivity contribution in [2.45, 2.75) is 44.8 Å². The van der Waals surface area contributed by atoms with Crippen LogP contribution in [0, 0.1) is 5.92 Å². The number of carbonyl (C=O) groups is 2. The Morgan fingerprint density at radius 1 is 1.17 bits per heavy atom. The van der Waals surface area contributed by atoms with Gasteiger partial charge in [0.05, 0.1) is 0 Å². The van der Waals surface area contributed by atoms with Gasteiger partial charge in [-0.05, 0) is 36.5 Å². The third-order valence-corrected chi connectivity index (χ3v) is 3.87. The van der Waals surface area contributed by atoms with Crippen molar-refractivity contribution in [3.8, 4) is 0 Å². The van der Waals surface area contributed by atoms with Crippen LogP contribution >= 0.6 is 0 Å². The summed E-state index contributed by atoms with van der Waals surface area (Å²) in [7, 11) is 0. The maximum absolute atomic E-state index is 12.1. The summed E-state index contributed by atoms with van der Waals surface area (Å²) >= 11 is 0. The van der Waals surface area contributed by atoms with Crippen LogP contribution in [0.5, 0.6) is 0 Å². The second-order valence-corrected chi connectivity index (χ2v) is 5.78. The first kappa shape index (κ1) is 17.3. The molecule has 0 radical (unpaired) electrons. The minimum Gasteiger partial charge on any atom is -0.344 e. The smallest absolute Gasteiger partial charge is 0.344 e. The van der Waals surface area contributed by atoms with Crippen LogP contribution in [0.2, 0.25) is 0 Å². The Morgan fingerprint density at radius 3 is 2.52 bits per heavy atom. The van der Waals surface area contributed by atoms with E-state index in [0.717, 1.165) is 25.7 Å². The van der Waals surface area contributed by atoms with Gasteiger partial charge in [-0.25, -0.2) is 0 Å². The Kier molecular flexibility index (Phi) is 5.63. The molecule has 1 aromatic rings. The number of amides is 2. The summed E-state index contributed by atoms with van der Waals surface area (Å²) in [5.41, 5.74) is 1.01. The van der Waals surface area contributed by atoms with Gasteiger partial charge in [0.2, 0.25) is 5.91 Å². The Balaban J connectivity index is 1.86. The molecule has 0 saturated heterocycles. The molecule has 0 bridgehead atoms. The molecule has 1 fully saturated rings. The van der Waals surface area contributed by atoms with Crippen molar-refractivity contribution >= 4 is 17.5 Å². The van der Waals surface area contributed by atoms with Crippen molar-refractivity contribution in [2.75, 3.05) is 5.32 Å². The van der Waals surface area contributed by atoms with Gasteiger partial charge in [0.15, 0.2) is 0 Å².